The number of aryl methyl sites for hydroxylation is 1. The Labute approximate surface area is 210 Å². The van der Waals surface area contributed by atoms with Gasteiger partial charge in [-0.3, -0.25) is 4.79 Å². The molecule has 8 nitrogen and oxygen atoms in total. The van der Waals surface area contributed by atoms with E-state index in [4.69, 9.17) is 18.9 Å². The molecule has 0 heterocycles. The molecule has 1 amide bonds. The van der Waals surface area contributed by atoms with Crippen molar-refractivity contribution < 1.29 is 28.5 Å². The summed E-state index contributed by atoms with van der Waals surface area (Å²) in [5, 5.41) is 3.95. The SMILES string of the molecule is CCCCc1ccc(OCC(=O)N/N=C\c2ccc(OC(=O)c3ccc(OC)cc3)c(OC)c2)cc1. The van der Waals surface area contributed by atoms with Crippen molar-refractivity contribution in [1.82, 2.24) is 5.43 Å². The smallest absolute Gasteiger partial charge is 0.343 e. The van der Waals surface area contributed by atoms with Crippen molar-refractivity contribution in [2.24, 2.45) is 5.10 Å². The zero-order valence-electron chi connectivity index (χ0n) is 20.7. The lowest BCUT2D eigenvalue weighted by Gasteiger charge is -2.10. The lowest BCUT2D eigenvalue weighted by atomic mass is 10.1. The van der Waals surface area contributed by atoms with Crippen LogP contribution in [0.3, 0.4) is 0 Å². The topological polar surface area (TPSA) is 95.5 Å². The molecular weight excluding hydrogens is 460 g/mol. The minimum absolute atomic E-state index is 0.158. The van der Waals surface area contributed by atoms with E-state index in [1.165, 1.54) is 18.9 Å². The number of ether oxygens (including phenoxy) is 4. The summed E-state index contributed by atoms with van der Waals surface area (Å²) in [4.78, 5) is 24.5. The van der Waals surface area contributed by atoms with Gasteiger partial charge in [0, 0.05) is 0 Å². The molecule has 0 aliphatic heterocycles. The summed E-state index contributed by atoms with van der Waals surface area (Å²) in [6, 6.07) is 19.2. The molecule has 0 spiro atoms. The molecule has 3 aromatic carbocycles. The number of carbonyl (C=O) groups is 2. The number of hydrogen-bond acceptors (Lipinski definition) is 7. The molecule has 0 unspecified atom stereocenters. The molecular formula is C28H30N2O6. The second kappa shape index (κ2) is 13.5. The Kier molecular flexibility index (Phi) is 9.88. The fraction of sp³-hybridized carbons (Fsp3) is 0.250. The van der Waals surface area contributed by atoms with Gasteiger partial charge in [-0.2, -0.15) is 5.10 Å². The Hall–Kier alpha value is -4.33. The van der Waals surface area contributed by atoms with Crippen LogP contribution in [-0.4, -0.2) is 38.9 Å². The minimum atomic E-state index is -0.528. The van der Waals surface area contributed by atoms with Crippen molar-refractivity contribution >= 4 is 18.1 Å². The first kappa shape index (κ1) is 26.3. The predicted octanol–water partition coefficient (Wildman–Crippen LogP) is 4.79. The van der Waals surface area contributed by atoms with Crippen molar-refractivity contribution in [3.8, 4) is 23.0 Å². The molecule has 0 saturated carbocycles. The molecule has 0 aromatic heterocycles. The maximum atomic E-state index is 12.4. The van der Waals surface area contributed by atoms with Gasteiger partial charge in [0.15, 0.2) is 18.1 Å². The highest BCUT2D eigenvalue weighted by Crippen LogP contribution is 2.28. The summed E-state index contributed by atoms with van der Waals surface area (Å²) in [7, 11) is 3.02. The van der Waals surface area contributed by atoms with Crippen LogP contribution in [-0.2, 0) is 11.2 Å². The van der Waals surface area contributed by atoms with Gasteiger partial charge in [-0.15, -0.1) is 0 Å². The van der Waals surface area contributed by atoms with E-state index in [1.54, 1.807) is 49.6 Å². The summed E-state index contributed by atoms with van der Waals surface area (Å²) >= 11 is 0. The van der Waals surface area contributed by atoms with Crippen molar-refractivity contribution in [3.05, 3.63) is 83.4 Å². The average molecular weight is 491 g/mol. The highest BCUT2D eigenvalue weighted by Gasteiger charge is 2.13. The third-order valence-electron chi connectivity index (χ3n) is 5.23. The Morgan fingerprint density at radius 2 is 1.61 bits per heavy atom. The zero-order chi connectivity index (χ0) is 25.8. The van der Waals surface area contributed by atoms with E-state index in [0.29, 0.717) is 28.4 Å². The van der Waals surface area contributed by atoms with Crippen LogP contribution in [0.25, 0.3) is 0 Å². The van der Waals surface area contributed by atoms with Gasteiger partial charge in [0.05, 0.1) is 26.0 Å². The molecule has 0 fully saturated rings. The summed E-state index contributed by atoms with van der Waals surface area (Å²) in [5.74, 6) is 0.951. The first-order valence-electron chi connectivity index (χ1n) is 11.6. The number of carbonyl (C=O) groups excluding carboxylic acids is 2. The average Bonchev–Trinajstić information content (AvgIpc) is 2.92. The van der Waals surface area contributed by atoms with Gasteiger partial charge in [-0.1, -0.05) is 25.5 Å². The summed E-state index contributed by atoms with van der Waals surface area (Å²) in [5.41, 5.74) is 4.69. The van der Waals surface area contributed by atoms with Crippen LogP contribution in [0.5, 0.6) is 23.0 Å². The molecule has 0 radical (unpaired) electrons. The fourth-order valence-electron chi connectivity index (χ4n) is 3.23. The summed E-state index contributed by atoms with van der Waals surface area (Å²) in [6.45, 7) is 2.00. The Morgan fingerprint density at radius 3 is 2.28 bits per heavy atom. The molecule has 8 heteroatoms. The molecule has 3 rings (SSSR count). The molecule has 0 saturated heterocycles. The van der Waals surface area contributed by atoms with E-state index in [0.717, 1.165) is 19.3 Å². The number of hydrazone groups is 1. The van der Waals surface area contributed by atoms with E-state index in [-0.39, 0.29) is 12.4 Å². The lowest BCUT2D eigenvalue weighted by molar-refractivity contribution is -0.123. The molecule has 0 aliphatic carbocycles. The first-order chi connectivity index (χ1) is 17.5. The van der Waals surface area contributed by atoms with E-state index < -0.39 is 11.9 Å². The maximum Gasteiger partial charge on any atom is 0.343 e. The summed E-state index contributed by atoms with van der Waals surface area (Å²) in [6.07, 6.45) is 4.78. The number of methoxy groups -OCH3 is 2. The van der Waals surface area contributed by atoms with Gasteiger partial charge in [0.2, 0.25) is 0 Å². The summed E-state index contributed by atoms with van der Waals surface area (Å²) < 4.78 is 21.4. The monoisotopic (exact) mass is 490 g/mol. The Balaban J connectivity index is 1.50. The predicted molar refractivity (Wildman–Crippen MR) is 137 cm³/mol. The molecule has 0 atom stereocenters. The number of nitrogens with one attached hydrogen (secondary N) is 1. The third kappa shape index (κ3) is 7.87. The van der Waals surface area contributed by atoms with Crippen LogP contribution < -0.4 is 24.4 Å². The van der Waals surface area contributed by atoms with Gasteiger partial charge < -0.3 is 18.9 Å². The number of nitrogens with zero attached hydrogens (tertiary/aromatic N) is 1. The molecule has 0 bridgehead atoms. The lowest BCUT2D eigenvalue weighted by Crippen LogP contribution is -2.24. The van der Waals surface area contributed by atoms with E-state index in [9.17, 15) is 9.59 Å². The third-order valence-corrected chi connectivity index (χ3v) is 5.23. The molecule has 0 aliphatic rings. The van der Waals surface area contributed by atoms with Gasteiger partial charge >= 0.3 is 5.97 Å². The molecule has 36 heavy (non-hydrogen) atoms. The first-order valence-corrected chi connectivity index (χ1v) is 11.6. The van der Waals surface area contributed by atoms with Crippen LogP contribution in [0.1, 0.15) is 41.3 Å². The quantitative estimate of drug-likeness (QED) is 0.170. The van der Waals surface area contributed by atoms with Crippen LogP contribution in [0.2, 0.25) is 0 Å². The van der Waals surface area contributed by atoms with Crippen molar-refractivity contribution in [2.75, 3.05) is 20.8 Å². The normalized spacial score (nSPS) is 10.6. The second-order valence-electron chi connectivity index (χ2n) is 7.86. The number of amides is 1. The van der Waals surface area contributed by atoms with Crippen LogP contribution >= 0.6 is 0 Å². The van der Waals surface area contributed by atoms with Crippen LogP contribution in [0.15, 0.2) is 71.8 Å². The Morgan fingerprint density at radius 1 is 0.889 bits per heavy atom. The Bertz CT molecular complexity index is 1170. The maximum absolute atomic E-state index is 12.4. The van der Waals surface area contributed by atoms with Gasteiger partial charge in [-0.25, -0.2) is 10.2 Å². The van der Waals surface area contributed by atoms with Crippen molar-refractivity contribution in [1.29, 1.82) is 0 Å². The minimum Gasteiger partial charge on any atom is -0.497 e. The van der Waals surface area contributed by atoms with E-state index >= 15 is 0 Å². The second-order valence-corrected chi connectivity index (χ2v) is 7.86. The van der Waals surface area contributed by atoms with E-state index in [1.807, 2.05) is 24.3 Å². The van der Waals surface area contributed by atoms with E-state index in [2.05, 4.69) is 17.5 Å². The standard InChI is InChI=1S/C28H30N2O6/c1-4-5-6-20-7-12-24(13-8-20)35-19-27(31)30-29-18-21-9-16-25(26(17-21)34-3)36-28(32)22-10-14-23(33-2)15-11-22/h7-18H,4-6,19H2,1-3H3,(H,30,31)/b29-18-. The fourth-order valence-corrected chi connectivity index (χ4v) is 3.23. The molecule has 3 aromatic rings. The van der Waals surface area contributed by atoms with Crippen molar-refractivity contribution in [3.63, 3.8) is 0 Å². The van der Waals surface area contributed by atoms with Crippen LogP contribution in [0.4, 0.5) is 0 Å². The number of rotatable bonds is 12. The number of hydrogen-bond donors (Lipinski definition) is 1. The van der Waals surface area contributed by atoms with Crippen LogP contribution in [0, 0.1) is 0 Å². The van der Waals surface area contributed by atoms with Gasteiger partial charge in [0.1, 0.15) is 11.5 Å². The van der Waals surface area contributed by atoms with Gasteiger partial charge in [-0.05, 0) is 78.6 Å². The highest BCUT2D eigenvalue weighted by molar-refractivity contribution is 5.92. The molecule has 1 N–H and O–H groups in total. The number of unbranched alkanes of at least 4 members (excludes halogenated alkanes) is 1. The highest BCUT2D eigenvalue weighted by atomic mass is 16.6. The number of esters is 1. The molecule has 188 valence electrons. The van der Waals surface area contributed by atoms with Crippen molar-refractivity contribution in [2.45, 2.75) is 26.2 Å². The largest absolute Gasteiger partial charge is 0.497 e. The zero-order valence-corrected chi connectivity index (χ0v) is 20.7. The number of benzene rings is 3. The van der Waals surface area contributed by atoms with Gasteiger partial charge in [0.25, 0.3) is 5.91 Å².